The SMILES string of the molecule is CC[C@H](C)[C@H](NCC(=O)Cc1ncc[nH]1)C(=O)O. The number of carbonyl (C=O) groups is 2. The molecule has 0 amide bonds. The Morgan fingerprint density at radius 2 is 2.28 bits per heavy atom. The fraction of sp³-hybridized carbons (Fsp3) is 0.583. The van der Waals surface area contributed by atoms with Crippen molar-refractivity contribution < 1.29 is 14.7 Å². The van der Waals surface area contributed by atoms with Crippen LogP contribution in [0.2, 0.25) is 0 Å². The normalized spacial score (nSPS) is 14.1. The molecule has 1 aromatic heterocycles. The molecule has 0 bridgehead atoms. The van der Waals surface area contributed by atoms with Crippen LogP contribution in [0.15, 0.2) is 12.4 Å². The van der Waals surface area contributed by atoms with Crippen molar-refractivity contribution in [3.63, 3.8) is 0 Å². The average molecular weight is 253 g/mol. The fourth-order valence-corrected chi connectivity index (χ4v) is 1.64. The van der Waals surface area contributed by atoms with Crippen LogP contribution in [-0.2, 0) is 16.0 Å². The molecule has 0 saturated carbocycles. The minimum Gasteiger partial charge on any atom is -0.480 e. The molecule has 0 aliphatic heterocycles. The number of nitrogens with zero attached hydrogens (tertiary/aromatic N) is 1. The average Bonchev–Trinajstić information content (AvgIpc) is 2.81. The molecule has 1 rings (SSSR count). The second kappa shape index (κ2) is 6.90. The first-order valence-electron chi connectivity index (χ1n) is 6.00. The van der Waals surface area contributed by atoms with Crippen LogP contribution in [0, 0.1) is 5.92 Å². The highest BCUT2D eigenvalue weighted by molar-refractivity contribution is 5.83. The van der Waals surface area contributed by atoms with E-state index >= 15 is 0 Å². The van der Waals surface area contributed by atoms with E-state index in [2.05, 4.69) is 15.3 Å². The first kappa shape index (κ1) is 14.4. The lowest BCUT2D eigenvalue weighted by molar-refractivity contribution is -0.140. The molecule has 0 fully saturated rings. The Kier molecular flexibility index (Phi) is 5.51. The van der Waals surface area contributed by atoms with Gasteiger partial charge < -0.3 is 10.1 Å². The van der Waals surface area contributed by atoms with Crippen molar-refractivity contribution in [3.8, 4) is 0 Å². The highest BCUT2D eigenvalue weighted by Gasteiger charge is 2.23. The molecule has 1 heterocycles. The highest BCUT2D eigenvalue weighted by atomic mass is 16.4. The lowest BCUT2D eigenvalue weighted by atomic mass is 9.99. The van der Waals surface area contributed by atoms with Gasteiger partial charge in [-0.25, -0.2) is 4.98 Å². The van der Waals surface area contributed by atoms with Gasteiger partial charge in [0.2, 0.25) is 0 Å². The zero-order valence-electron chi connectivity index (χ0n) is 10.6. The third kappa shape index (κ3) is 4.29. The number of Topliss-reactive ketones (excluding diaryl/α,β-unsaturated/α-hetero) is 1. The molecule has 6 nitrogen and oxygen atoms in total. The molecule has 18 heavy (non-hydrogen) atoms. The van der Waals surface area contributed by atoms with Gasteiger partial charge in [-0.1, -0.05) is 20.3 Å². The Balaban J connectivity index is 2.42. The molecule has 0 aliphatic rings. The summed E-state index contributed by atoms with van der Waals surface area (Å²) in [6, 6.07) is -0.685. The smallest absolute Gasteiger partial charge is 0.320 e. The van der Waals surface area contributed by atoms with E-state index in [4.69, 9.17) is 5.11 Å². The summed E-state index contributed by atoms with van der Waals surface area (Å²) < 4.78 is 0. The van der Waals surface area contributed by atoms with Crippen LogP contribution in [0.3, 0.4) is 0 Å². The highest BCUT2D eigenvalue weighted by Crippen LogP contribution is 2.07. The number of nitrogens with one attached hydrogen (secondary N) is 2. The minimum absolute atomic E-state index is 0.0149. The number of ketones is 1. The molecule has 0 radical (unpaired) electrons. The largest absolute Gasteiger partial charge is 0.480 e. The first-order chi connectivity index (χ1) is 8.54. The van der Waals surface area contributed by atoms with Gasteiger partial charge in [0, 0.05) is 12.4 Å². The molecular weight excluding hydrogens is 234 g/mol. The van der Waals surface area contributed by atoms with Gasteiger partial charge in [-0.2, -0.15) is 0 Å². The minimum atomic E-state index is -0.921. The summed E-state index contributed by atoms with van der Waals surface area (Å²) in [7, 11) is 0. The summed E-state index contributed by atoms with van der Waals surface area (Å²) in [5.74, 6) is -0.425. The van der Waals surface area contributed by atoms with E-state index in [1.807, 2.05) is 13.8 Å². The molecule has 0 aliphatic carbocycles. The monoisotopic (exact) mass is 253 g/mol. The molecule has 3 N–H and O–H groups in total. The number of aromatic nitrogens is 2. The van der Waals surface area contributed by atoms with E-state index in [-0.39, 0.29) is 24.7 Å². The van der Waals surface area contributed by atoms with Gasteiger partial charge in [-0.3, -0.25) is 14.9 Å². The lowest BCUT2D eigenvalue weighted by Crippen LogP contribution is -2.44. The number of rotatable bonds is 8. The zero-order chi connectivity index (χ0) is 13.5. The van der Waals surface area contributed by atoms with Crippen LogP contribution in [0.1, 0.15) is 26.1 Å². The number of aromatic amines is 1. The summed E-state index contributed by atoms with van der Waals surface area (Å²) in [5.41, 5.74) is 0. The van der Waals surface area contributed by atoms with E-state index in [1.54, 1.807) is 12.4 Å². The number of hydrogen-bond acceptors (Lipinski definition) is 4. The fourth-order valence-electron chi connectivity index (χ4n) is 1.64. The van der Waals surface area contributed by atoms with Crippen LogP contribution >= 0.6 is 0 Å². The Bertz CT molecular complexity index is 389. The molecule has 2 atom stereocenters. The molecule has 0 aromatic carbocycles. The van der Waals surface area contributed by atoms with Gasteiger partial charge in [0.15, 0.2) is 5.78 Å². The summed E-state index contributed by atoms with van der Waals surface area (Å²) in [6.07, 6.45) is 4.16. The summed E-state index contributed by atoms with van der Waals surface area (Å²) in [5, 5.41) is 11.8. The van der Waals surface area contributed by atoms with Crippen molar-refractivity contribution in [2.75, 3.05) is 6.54 Å². The van der Waals surface area contributed by atoms with Crippen LogP contribution in [0.25, 0.3) is 0 Å². The number of carboxylic acids is 1. The van der Waals surface area contributed by atoms with Crippen molar-refractivity contribution in [2.45, 2.75) is 32.7 Å². The van der Waals surface area contributed by atoms with Gasteiger partial charge in [0.1, 0.15) is 11.9 Å². The van der Waals surface area contributed by atoms with Crippen LogP contribution in [-0.4, -0.2) is 39.4 Å². The van der Waals surface area contributed by atoms with Gasteiger partial charge in [-0.15, -0.1) is 0 Å². The molecule has 1 aromatic rings. The van der Waals surface area contributed by atoms with Gasteiger partial charge in [0.05, 0.1) is 13.0 Å². The number of hydrogen-bond donors (Lipinski definition) is 3. The second-order valence-electron chi connectivity index (χ2n) is 4.33. The van der Waals surface area contributed by atoms with Crippen LogP contribution < -0.4 is 5.32 Å². The molecule has 6 heteroatoms. The van der Waals surface area contributed by atoms with E-state index in [9.17, 15) is 9.59 Å². The number of imidazole rings is 1. The number of carbonyl (C=O) groups excluding carboxylic acids is 1. The molecule has 0 saturated heterocycles. The van der Waals surface area contributed by atoms with Crippen LogP contribution in [0.5, 0.6) is 0 Å². The van der Waals surface area contributed by atoms with Crippen molar-refractivity contribution >= 4 is 11.8 Å². The lowest BCUT2D eigenvalue weighted by Gasteiger charge is -2.19. The quantitative estimate of drug-likeness (QED) is 0.631. The third-order valence-electron chi connectivity index (χ3n) is 2.92. The predicted octanol–water partition coefficient (Wildman–Crippen LogP) is 0.610. The number of aliphatic carboxylic acids is 1. The van der Waals surface area contributed by atoms with Crippen molar-refractivity contribution in [1.82, 2.24) is 15.3 Å². The second-order valence-corrected chi connectivity index (χ2v) is 4.33. The molecule has 0 unspecified atom stereocenters. The van der Waals surface area contributed by atoms with Crippen LogP contribution in [0.4, 0.5) is 0 Å². The van der Waals surface area contributed by atoms with Gasteiger partial charge >= 0.3 is 5.97 Å². The van der Waals surface area contributed by atoms with E-state index in [0.717, 1.165) is 6.42 Å². The third-order valence-corrected chi connectivity index (χ3v) is 2.92. The Morgan fingerprint density at radius 1 is 1.56 bits per heavy atom. The maximum atomic E-state index is 11.6. The Hall–Kier alpha value is -1.69. The van der Waals surface area contributed by atoms with Crippen molar-refractivity contribution in [2.24, 2.45) is 5.92 Å². The summed E-state index contributed by atoms with van der Waals surface area (Å²) in [6.45, 7) is 3.82. The molecule has 100 valence electrons. The zero-order valence-corrected chi connectivity index (χ0v) is 10.6. The van der Waals surface area contributed by atoms with Gasteiger partial charge in [-0.05, 0) is 5.92 Å². The van der Waals surface area contributed by atoms with Crippen molar-refractivity contribution in [3.05, 3.63) is 18.2 Å². The maximum Gasteiger partial charge on any atom is 0.320 e. The Morgan fingerprint density at radius 3 is 2.78 bits per heavy atom. The first-order valence-corrected chi connectivity index (χ1v) is 6.00. The van der Waals surface area contributed by atoms with E-state index in [1.165, 1.54) is 0 Å². The summed E-state index contributed by atoms with van der Waals surface area (Å²) >= 11 is 0. The van der Waals surface area contributed by atoms with E-state index < -0.39 is 12.0 Å². The van der Waals surface area contributed by atoms with Gasteiger partial charge in [0.25, 0.3) is 0 Å². The standard InChI is InChI=1S/C12H19N3O3/c1-3-8(2)11(12(17)18)15-7-9(16)6-10-13-4-5-14-10/h4-5,8,11,15H,3,6-7H2,1-2H3,(H,13,14)(H,17,18)/t8-,11-/m0/s1. The topological polar surface area (TPSA) is 95.1 Å². The predicted molar refractivity (Wildman–Crippen MR) is 66.2 cm³/mol. The van der Waals surface area contributed by atoms with Crippen molar-refractivity contribution in [1.29, 1.82) is 0 Å². The molecular formula is C12H19N3O3. The maximum absolute atomic E-state index is 11.6. The number of H-pyrrole nitrogens is 1. The number of carboxylic acid groups (broad SMARTS) is 1. The molecule has 0 spiro atoms. The Labute approximate surface area is 106 Å². The van der Waals surface area contributed by atoms with E-state index in [0.29, 0.717) is 5.82 Å². The summed E-state index contributed by atoms with van der Waals surface area (Å²) in [4.78, 5) is 29.5.